The van der Waals surface area contributed by atoms with Crippen molar-refractivity contribution in [2.75, 3.05) is 0 Å². The number of nitrogens with zero attached hydrogens (tertiary/aromatic N) is 2. The third kappa shape index (κ3) is 3.41. The molecular formula is C15H16Cl2N2O. The maximum atomic E-state index is 6.12. The summed E-state index contributed by atoms with van der Waals surface area (Å²) in [4.78, 5) is 8.67. The van der Waals surface area contributed by atoms with Gasteiger partial charge in [0.05, 0.1) is 0 Å². The van der Waals surface area contributed by atoms with Crippen molar-refractivity contribution in [2.24, 2.45) is 0 Å². The van der Waals surface area contributed by atoms with Gasteiger partial charge in [0.15, 0.2) is 0 Å². The fourth-order valence-corrected chi connectivity index (χ4v) is 2.00. The lowest BCUT2D eigenvalue weighted by atomic mass is 10.2. The van der Waals surface area contributed by atoms with Crippen LogP contribution in [0.4, 0.5) is 0 Å². The molecule has 5 heteroatoms. The summed E-state index contributed by atoms with van der Waals surface area (Å²) in [5.74, 6) is 1.37. The molecule has 2 aromatic rings. The molecule has 0 saturated heterocycles. The van der Waals surface area contributed by atoms with Crippen LogP contribution in [0.15, 0.2) is 24.3 Å². The first-order valence-corrected chi connectivity index (χ1v) is 7.15. The SMILES string of the molecule is Cc1c(Cl)nc(C(C)C)nc1OCc1ccccc1Cl. The van der Waals surface area contributed by atoms with Crippen molar-refractivity contribution < 1.29 is 4.74 Å². The Kier molecular flexibility index (Phi) is 4.84. The Hall–Kier alpha value is -1.32. The second kappa shape index (κ2) is 6.42. The number of ether oxygens (including phenoxy) is 1. The van der Waals surface area contributed by atoms with Crippen molar-refractivity contribution in [3.63, 3.8) is 0 Å². The van der Waals surface area contributed by atoms with Gasteiger partial charge in [0.1, 0.15) is 17.6 Å². The molecule has 1 heterocycles. The van der Waals surface area contributed by atoms with Crippen LogP contribution < -0.4 is 4.74 Å². The van der Waals surface area contributed by atoms with Crippen LogP contribution >= 0.6 is 23.2 Å². The Morgan fingerprint density at radius 3 is 2.50 bits per heavy atom. The van der Waals surface area contributed by atoms with E-state index >= 15 is 0 Å². The van der Waals surface area contributed by atoms with Crippen molar-refractivity contribution in [3.8, 4) is 5.88 Å². The third-order valence-electron chi connectivity index (χ3n) is 2.90. The molecule has 0 unspecified atom stereocenters. The lowest BCUT2D eigenvalue weighted by Crippen LogP contribution is -2.05. The standard InChI is InChI=1S/C15H16Cl2N2O/c1-9(2)14-18-13(17)10(3)15(19-14)20-8-11-6-4-5-7-12(11)16/h4-7,9H,8H2,1-3H3. The lowest BCUT2D eigenvalue weighted by Gasteiger charge is -2.12. The molecule has 0 aliphatic heterocycles. The molecule has 0 saturated carbocycles. The van der Waals surface area contributed by atoms with Crippen LogP contribution in [-0.2, 0) is 6.61 Å². The largest absolute Gasteiger partial charge is 0.472 e. The maximum Gasteiger partial charge on any atom is 0.221 e. The van der Waals surface area contributed by atoms with Gasteiger partial charge in [-0.3, -0.25) is 0 Å². The molecule has 2 rings (SSSR count). The Morgan fingerprint density at radius 2 is 1.85 bits per heavy atom. The van der Waals surface area contributed by atoms with Crippen LogP contribution in [-0.4, -0.2) is 9.97 Å². The van der Waals surface area contributed by atoms with E-state index in [-0.39, 0.29) is 5.92 Å². The minimum Gasteiger partial charge on any atom is -0.472 e. The van der Waals surface area contributed by atoms with Gasteiger partial charge in [-0.15, -0.1) is 0 Å². The maximum absolute atomic E-state index is 6.12. The summed E-state index contributed by atoms with van der Waals surface area (Å²) in [6.07, 6.45) is 0. The van der Waals surface area contributed by atoms with E-state index in [9.17, 15) is 0 Å². The highest BCUT2D eigenvalue weighted by molar-refractivity contribution is 6.31. The molecule has 0 aliphatic rings. The lowest BCUT2D eigenvalue weighted by molar-refractivity contribution is 0.289. The van der Waals surface area contributed by atoms with Gasteiger partial charge in [0, 0.05) is 22.1 Å². The van der Waals surface area contributed by atoms with E-state index < -0.39 is 0 Å². The second-order valence-corrected chi connectivity index (χ2v) is 5.60. The summed E-state index contributed by atoms with van der Waals surface area (Å²) < 4.78 is 5.76. The fourth-order valence-electron chi connectivity index (χ4n) is 1.65. The molecule has 1 aromatic carbocycles. The van der Waals surface area contributed by atoms with Crippen LogP contribution in [0, 0.1) is 6.92 Å². The summed E-state index contributed by atoms with van der Waals surface area (Å²) in [5, 5.41) is 1.10. The van der Waals surface area contributed by atoms with Crippen molar-refractivity contribution in [3.05, 3.63) is 51.4 Å². The highest BCUT2D eigenvalue weighted by Crippen LogP contribution is 2.26. The van der Waals surface area contributed by atoms with E-state index in [1.54, 1.807) is 0 Å². The zero-order valence-electron chi connectivity index (χ0n) is 11.7. The molecule has 0 N–H and O–H groups in total. The van der Waals surface area contributed by atoms with Crippen LogP contribution in [0.25, 0.3) is 0 Å². The third-order valence-corrected chi connectivity index (χ3v) is 3.63. The Labute approximate surface area is 128 Å². The predicted octanol–water partition coefficient (Wildman–Crippen LogP) is 4.79. The van der Waals surface area contributed by atoms with Crippen LogP contribution in [0.5, 0.6) is 5.88 Å². The average Bonchev–Trinajstić information content (AvgIpc) is 2.41. The van der Waals surface area contributed by atoms with Crippen LogP contribution in [0.1, 0.15) is 36.7 Å². The van der Waals surface area contributed by atoms with Gasteiger partial charge in [0.2, 0.25) is 5.88 Å². The zero-order valence-corrected chi connectivity index (χ0v) is 13.2. The summed E-state index contributed by atoms with van der Waals surface area (Å²) in [5.41, 5.74) is 1.65. The molecule has 0 radical (unpaired) electrons. The van der Waals surface area contributed by atoms with E-state index in [0.29, 0.717) is 28.5 Å². The predicted molar refractivity (Wildman–Crippen MR) is 81.7 cm³/mol. The minimum absolute atomic E-state index is 0.191. The number of hydrogen-bond donors (Lipinski definition) is 0. The van der Waals surface area contributed by atoms with Crippen molar-refractivity contribution >= 4 is 23.2 Å². The number of hydrogen-bond acceptors (Lipinski definition) is 3. The first-order valence-electron chi connectivity index (χ1n) is 6.39. The molecule has 1 aromatic heterocycles. The molecule has 0 amide bonds. The second-order valence-electron chi connectivity index (χ2n) is 4.84. The summed E-state index contributed by atoms with van der Waals surface area (Å²) >= 11 is 12.2. The quantitative estimate of drug-likeness (QED) is 0.761. The van der Waals surface area contributed by atoms with Crippen molar-refractivity contribution in [1.29, 1.82) is 0 Å². The molecule has 0 fully saturated rings. The first kappa shape index (κ1) is 15.1. The zero-order chi connectivity index (χ0) is 14.7. The van der Waals surface area contributed by atoms with Gasteiger partial charge in [-0.25, -0.2) is 4.98 Å². The Morgan fingerprint density at radius 1 is 1.15 bits per heavy atom. The van der Waals surface area contributed by atoms with Crippen molar-refractivity contribution in [2.45, 2.75) is 33.3 Å². The highest BCUT2D eigenvalue weighted by Gasteiger charge is 2.13. The number of halogens is 2. The number of aromatic nitrogens is 2. The van der Waals surface area contributed by atoms with Crippen LogP contribution in [0.3, 0.4) is 0 Å². The van der Waals surface area contributed by atoms with Gasteiger partial charge in [-0.1, -0.05) is 55.2 Å². The Balaban J connectivity index is 2.23. The van der Waals surface area contributed by atoms with Crippen LogP contribution in [0.2, 0.25) is 10.2 Å². The van der Waals surface area contributed by atoms with Gasteiger partial charge in [-0.2, -0.15) is 4.98 Å². The molecule has 0 aliphatic carbocycles. The first-order chi connectivity index (χ1) is 9.49. The number of benzene rings is 1. The van der Waals surface area contributed by atoms with E-state index in [1.165, 1.54) is 0 Å². The summed E-state index contributed by atoms with van der Waals surface area (Å²) in [6, 6.07) is 7.56. The monoisotopic (exact) mass is 310 g/mol. The molecule has 0 atom stereocenters. The smallest absolute Gasteiger partial charge is 0.221 e. The van der Waals surface area contributed by atoms with Crippen molar-refractivity contribution in [1.82, 2.24) is 9.97 Å². The topological polar surface area (TPSA) is 35.0 Å². The molecule has 0 spiro atoms. The molecule has 106 valence electrons. The molecule has 0 bridgehead atoms. The summed E-state index contributed by atoms with van der Waals surface area (Å²) in [7, 11) is 0. The fraction of sp³-hybridized carbons (Fsp3) is 0.333. The molecule has 20 heavy (non-hydrogen) atoms. The number of rotatable bonds is 4. The van der Waals surface area contributed by atoms with E-state index in [4.69, 9.17) is 27.9 Å². The Bertz CT molecular complexity index is 615. The minimum atomic E-state index is 0.191. The summed E-state index contributed by atoms with van der Waals surface area (Å²) in [6.45, 7) is 6.22. The highest BCUT2D eigenvalue weighted by atomic mass is 35.5. The molecule has 3 nitrogen and oxygen atoms in total. The van der Waals surface area contributed by atoms with Gasteiger partial charge >= 0.3 is 0 Å². The molecular weight excluding hydrogens is 295 g/mol. The van der Waals surface area contributed by atoms with Gasteiger partial charge in [0.25, 0.3) is 0 Å². The van der Waals surface area contributed by atoms with Gasteiger partial charge < -0.3 is 4.74 Å². The average molecular weight is 311 g/mol. The van der Waals surface area contributed by atoms with E-state index in [0.717, 1.165) is 11.1 Å². The van der Waals surface area contributed by atoms with E-state index in [2.05, 4.69) is 9.97 Å². The van der Waals surface area contributed by atoms with Gasteiger partial charge in [-0.05, 0) is 13.0 Å². The normalized spacial score (nSPS) is 10.9. The van der Waals surface area contributed by atoms with E-state index in [1.807, 2.05) is 45.0 Å².